The Kier molecular flexibility index (Phi) is 5.35. The number of hydrogen-bond acceptors (Lipinski definition) is 5. The standard InChI is InChI=1S/C19H19N3O5/c1-14-16(8-13-27-14)19(24)21-11-9-20(10-12-21)18(23)7-6-15-4-2-3-5-17(15)22(25)26/h2-8,13H,9-12H2,1H3. The van der Waals surface area contributed by atoms with Crippen molar-refractivity contribution in [2.24, 2.45) is 0 Å². The molecule has 0 unspecified atom stereocenters. The van der Waals surface area contributed by atoms with Crippen molar-refractivity contribution in [2.45, 2.75) is 6.92 Å². The molecule has 0 N–H and O–H groups in total. The van der Waals surface area contributed by atoms with Crippen LogP contribution in [0.1, 0.15) is 21.7 Å². The van der Waals surface area contributed by atoms with Crippen LogP contribution in [0.4, 0.5) is 5.69 Å². The number of para-hydroxylation sites is 1. The third-order valence-corrected chi connectivity index (χ3v) is 4.51. The second-order valence-corrected chi connectivity index (χ2v) is 6.16. The van der Waals surface area contributed by atoms with Crippen molar-refractivity contribution in [3.05, 3.63) is 69.7 Å². The van der Waals surface area contributed by atoms with E-state index in [0.29, 0.717) is 43.1 Å². The summed E-state index contributed by atoms with van der Waals surface area (Å²) in [5, 5.41) is 11.0. The first-order valence-corrected chi connectivity index (χ1v) is 8.51. The zero-order valence-corrected chi connectivity index (χ0v) is 14.8. The summed E-state index contributed by atoms with van der Waals surface area (Å²) < 4.78 is 5.17. The lowest BCUT2D eigenvalue weighted by molar-refractivity contribution is -0.385. The number of furan rings is 1. The average molecular weight is 369 g/mol. The van der Waals surface area contributed by atoms with Gasteiger partial charge in [-0.1, -0.05) is 12.1 Å². The van der Waals surface area contributed by atoms with Crippen molar-refractivity contribution < 1.29 is 18.9 Å². The first kappa shape index (κ1) is 18.4. The van der Waals surface area contributed by atoms with E-state index < -0.39 is 4.92 Å². The van der Waals surface area contributed by atoms with E-state index >= 15 is 0 Å². The zero-order chi connectivity index (χ0) is 19.4. The van der Waals surface area contributed by atoms with Crippen molar-refractivity contribution in [1.29, 1.82) is 0 Å². The summed E-state index contributed by atoms with van der Waals surface area (Å²) in [6.07, 6.45) is 4.27. The van der Waals surface area contributed by atoms with Crippen molar-refractivity contribution in [2.75, 3.05) is 26.2 Å². The molecule has 1 fully saturated rings. The molecule has 1 aliphatic rings. The molecule has 2 heterocycles. The van der Waals surface area contributed by atoms with E-state index in [4.69, 9.17) is 4.42 Å². The number of nitro benzene ring substituents is 1. The highest BCUT2D eigenvalue weighted by Crippen LogP contribution is 2.19. The highest BCUT2D eigenvalue weighted by atomic mass is 16.6. The van der Waals surface area contributed by atoms with Crippen LogP contribution in [0.3, 0.4) is 0 Å². The summed E-state index contributed by atoms with van der Waals surface area (Å²) in [4.78, 5) is 38.7. The van der Waals surface area contributed by atoms with Gasteiger partial charge in [0.05, 0.1) is 22.3 Å². The lowest BCUT2D eigenvalue weighted by Crippen LogP contribution is -2.50. The second kappa shape index (κ2) is 7.86. The van der Waals surface area contributed by atoms with Gasteiger partial charge in [-0.3, -0.25) is 19.7 Å². The Morgan fingerprint density at radius 1 is 1.11 bits per heavy atom. The fraction of sp³-hybridized carbons (Fsp3) is 0.263. The van der Waals surface area contributed by atoms with E-state index in [1.807, 2.05) is 0 Å². The van der Waals surface area contributed by atoms with Gasteiger partial charge in [0.15, 0.2) is 0 Å². The Hall–Kier alpha value is -3.42. The minimum Gasteiger partial charge on any atom is -0.469 e. The number of nitrogens with zero attached hydrogens (tertiary/aromatic N) is 3. The Bertz CT molecular complexity index is 894. The van der Waals surface area contributed by atoms with Crippen LogP contribution in [-0.2, 0) is 4.79 Å². The van der Waals surface area contributed by atoms with E-state index in [0.717, 1.165) is 0 Å². The number of piperazine rings is 1. The third kappa shape index (κ3) is 4.05. The van der Waals surface area contributed by atoms with Gasteiger partial charge in [0.25, 0.3) is 11.6 Å². The number of carbonyl (C=O) groups is 2. The molecule has 0 atom stereocenters. The topological polar surface area (TPSA) is 96.9 Å². The molecule has 3 rings (SSSR count). The molecule has 1 aliphatic heterocycles. The monoisotopic (exact) mass is 369 g/mol. The molecule has 0 radical (unpaired) electrons. The average Bonchev–Trinajstić information content (AvgIpc) is 3.11. The highest BCUT2D eigenvalue weighted by molar-refractivity contribution is 5.96. The Morgan fingerprint density at radius 3 is 2.41 bits per heavy atom. The van der Waals surface area contributed by atoms with Crippen molar-refractivity contribution in [3.63, 3.8) is 0 Å². The number of nitro groups is 1. The Morgan fingerprint density at radius 2 is 1.78 bits per heavy atom. The Balaban J connectivity index is 1.60. The van der Waals surface area contributed by atoms with Gasteiger partial charge in [-0.05, 0) is 25.1 Å². The van der Waals surface area contributed by atoms with Gasteiger partial charge < -0.3 is 14.2 Å². The Labute approximate surface area is 155 Å². The van der Waals surface area contributed by atoms with Crippen molar-refractivity contribution >= 4 is 23.6 Å². The number of aryl methyl sites for hydroxylation is 1. The lowest BCUT2D eigenvalue weighted by Gasteiger charge is -2.34. The lowest BCUT2D eigenvalue weighted by atomic mass is 10.1. The van der Waals surface area contributed by atoms with Gasteiger partial charge >= 0.3 is 0 Å². The molecule has 2 aromatic rings. The molecule has 0 spiro atoms. The molecule has 8 nitrogen and oxygen atoms in total. The van der Waals surface area contributed by atoms with Gasteiger partial charge in [0.2, 0.25) is 5.91 Å². The predicted molar refractivity (Wildman–Crippen MR) is 98.1 cm³/mol. The van der Waals surface area contributed by atoms with Crippen molar-refractivity contribution in [3.8, 4) is 0 Å². The molecule has 140 valence electrons. The van der Waals surface area contributed by atoms with Crippen LogP contribution < -0.4 is 0 Å². The molecule has 0 aliphatic carbocycles. The largest absolute Gasteiger partial charge is 0.469 e. The minimum atomic E-state index is -0.480. The number of carbonyl (C=O) groups excluding carboxylic acids is 2. The summed E-state index contributed by atoms with van der Waals surface area (Å²) in [6, 6.07) is 7.89. The van der Waals surface area contributed by atoms with Crippen LogP contribution in [-0.4, -0.2) is 52.7 Å². The van der Waals surface area contributed by atoms with E-state index in [9.17, 15) is 19.7 Å². The van der Waals surface area contributed by atoms with Crippen LogP contribution in [0.15, 0.2) is 47.1 Å². The maximum Gasteiger partial charge on any atom is 0.276 e. The van der Waals surface area contributed by atoms with Crippen LogP contribution in [0.5, 0.6) is 0 Å². The van der Waals surface area contributed by atoms with Crippen LogP contribution >= 0.6 is 0 Å². The smallest absolute Gasteiger partial charge is 0.276 e. The summed E-state index contributed by atoms with van der Waals surface area (Å²) in [5.41, 5.74) is 0.860. The fourth-order valence-corrected chi connectivity index (χ4v) is 2.97. The van der Waals surface area contributed by atoms with E-state index in [-0.39, 0.29) is 17.5 Å². The highest BCUT2D eigenvalue weighted by Gasteiger charge is 2.25. The van der Waals surface area contributed by atoms with Gasteiger partial charge in [-0.2, -0.15) is 0 Å². The van der Waals surface area contributed by atoms with Crippen LogP contribution in [0.25, 0.3) is 6.08 Å². The molecular weight excluding hydrogens is 350 g/mol. The third-order valence-electron chi connectivity index (χ3n) is 4.51. The number of benzene rings is 1. The maximum atomic E-state index is 12.5. The van der Waals surface area contributed by atoms with Gasteiger partial charge in [-0.15, -0.1) is 0 Å². The minimum absolute atomic E-state index is 0.0487. The zero-order valence-electron chi connectivity index (χ0n) is 14.8. The first-order chi connectivity index (χ1) is 13.0. The molecule has 1 aromatic heterocycles. The molecule has 0 bridgehead atoms. The van der Waals surface area contributed by atoms with Gasteiger partial charge in [0, 0.05) is 38.3 Å². The number of amides is 2. The number of hydrogen-bond donors (Lipinski definition) is 0. The predicted octanol–water partition coefficient (Wildman–Crippen LogP) is 2.49. The molecule has 8 heteroatoms. The molecule has 0 saturated carbocycles. The van der Waals surface area contributed by atoms with Crippen LogP contribution in [0.2, 0.25) is 0 Å². The van der Waals surface area contributed by atoms with E-state index in [2.05, 4.69) is 0 Å². The molecule has 2 amide bonds. The van der Waals surface area contributed by atoms with E-state index in [1.165, 1.54) is 24.5 Å². The second-order valence-electron chi connectivity index (χ2n) is 6.16. The van der Waals surface area contributed by atoms with Crippen LogP contribution in [0, 0.1) is 17.0 Å². The molecular formula is C19H19N3O5. The quantitative estimate of drug-likeness (QED) is 0.469. The normalized spacial score (nSPS) is 14.6. The summed E-state index contributed by atoms with van der Waals surface area (Å²) in [7, 11) is 0. The summed E-state index contributed by atoms with van der Waals surface area (Å²) in [5.74, 6) is 0.231. The number of rotatable bonds is 4. The molecule has 1 aromatic carbocycles. The summed E-state index contributed by atoms with van der Waals surface area (Å²) in [6.45, 7) is 3.40. The van der Waals surface area contributed by atoms with Gasteiger partial charge in [0.1, 0.15) is 5.76 Å². The van der Waals surface area contributed by atoms with E-state index in [1.54, 1.807) is 41.0 Å². The first-order valence-electron chi connectivity index (χ1n) is 8.51. The molecule has 27 heavy (non-hydrogen) atoms. The van der Waals surface area contributed by atoms with Gasteiger partial charge in [-0.25, -0.2) is 0 Å². The summed E-state index contributed by atoms with van der Waals surface area (Å²) >= 11 is 0. The maximum absolute atomic E-state index is 12.5. The van der Waals surface area contributed by atoms with Crippen molar-refractivity contribution in [1.82, 2.24) is 9.80 Å². The molecule has 1 saturated heterocycles. The fourth-order valence-electron chi connectivity index (χ4n) is 2.97. The SMILES string of the molecule is Cc1occc1C(=O)N1CCN(C(=O)C=Cc2ccccc2[N+](=O)[O-])CC1.